The second-order valence-corrected chi connectivity index (χ2v) is 6.06. The van der Waals surface area contributed by atoms with Crippen LogP contribution in [0.15, 0.2) is 49.3 Å². The highest BCUT2D eigenvalue weighted by molar-refractivity contribution is 7.18. The zero-order valence-corrected chi connectivity index (χ0v) is 12.2. The van der Waals surface area contributed by atoms with E-state index in [0.717, 1.165) is 11.0 Å². The molecule has 0 spiro atoms. The van der Waals surface area contributed by atoms with Crippen molar-refractivity contribution in [3.05, 3.63) is 58.5 Å². The number of aromatic nitrogens is 2. The number of ketones is 1. The lowest BCUT2D eigenvalue weighted by molar-refractivity contribution is -0.657. The summed E-state index contributed by atoms with van der Waals surface area (Å²) in [7, 11) is 0. The van der Waals surface area contributed by atoms with Crippen LogP contribution in [0.2, 0.25) is 4.34 Å². The Morgan fingerprint density at radius 2 is 2.15 bits per heavy atom. The lowest BCUT2D eigenvalue weighted by Crippen LogP contribution is -2.36. The van der Waals surface area contributed by atoms with Crippen molar-refractivity contribution in [2.75, 3.05) is 0 Å². The molecule has 0 amide bonds. The molecule has 0 aliphatic rings. The third-order valence-corrected chi connectivity index (χ3v) is 4.36. The second kappa shape index (κ2) is 5.23. The smallest absolute Gasteiger partial charge is 0.249 e. The minimum Gasteiger partial charge on any atom is -0.289 e. The van der Waals surface area contributed by atoms with Crippen LogP contribution in [-0.4, -0.2) is 10.4 Å². The highest BCUT2D eigenvalue weighted by atomic mass is 35.5. The standard InChI is InChI=1S/C15H12ClN2OS/c1-2-17-10-18(12-6-4-3-5-11(12)17)9-13(19)14-7-8-15(16)20-14/h2-8,10H,1,9H2/q+1. The predicted molar refractivity (Wildman–Crippen MR) is 82.2 cm³/mol. The summed E-state index contributed by atoms with van der Waals surface area (Å²) in [5.74, 6) is 0.0545. The summed E-state index contributed by atoms with van der Waals surface area (Å²) in [5.41, 5.74) is 2.03. The van der Waals surface area contributed by atoms with Gasteiger partial charge >= 0.3 is 0 Å². The van der Waals surface area contributed by atoms with E-state index in [1.807, 2.05) is 39.7 Å². The van der Waals surface area contributed by atoms with E-state index in [1.165, 1.54) is 11.3 Å². The van der Waals surface area contributed by atoms with Gasteiger partial charge in [0.1, 0.15) is 0 Å². The van der Waals surface area contributed by atoms with Gasteiger partial charge in [-0.15, -0.1) is 11.3 Å². The topological polar surface area (TPSA) is 25.9 Å². The number of benzene rings is 1. The molecule has 0 aliphatic heterocycles. The minimum absolute atomic E-state index is 0.0545. The third-order valence-electron chi connectivity index (χ3n) is 3.09. The van der Waals surface area contributed by atoms with Crippen molar-refractivity contribution in [2.24, 2.45) is 0 Å². The summed E-state index contributed by atoms with van der Waals surface area (Å²) >= 11 is 7.18. The quantitative estimate of drug-likeness (QED) is 0.534. The first-order valence-corrected chi connectivity index (χ1v) is 7.28. The van der Waals surface area contributed by atoms with Crippen molar-refractivity contribution < 1.29 is 9.36 Å². The summed E-state index contributed by atoms with van der Waals surface area (Å²) in [6, 6.07) is 11.4. The number of imidazole rings is 1. The van der Waals surface area contributed by atoms with E-state index in [2.05, 4.69) is 6.58 Å². The zero-order chi connectivity index (χ0) is 14.1. The maximum Gasteiger partial charge on any atom is 0.249 e. The molecule has 3 rings (SSSR count). The number of thiophene rings is 1. The summed E-state index contributed by atoms with van der Waals surface area (Å²) in [6.45, 7) is 4.07. The molecule has 3 nitrogen and oxygen atoms in total. The monoisotopic (exact) mass is 303 g/mol. The van der Waals surface area contributed by atoms with E-state index in [9.17, 15) is 4.79 Å². The average Bonchev–Trinajstić information content (AvgIpc) is 3.03. The van der Waals surface area contributed by atoms with Crippen LogP contribution < -0.4 is 4.57 Å². The molecule has 0 radical (unpaired) electrons. The fourth-order valence-corrected chi connectivity index (χ4v) is 3.14. The Morgan fingerprint density at radius 3 is 2.85 bits per heavy atom. The largest absolute Gasteiger partial charge is 0.289 e. The number of para-hydroxylation sites is 2. The molecule has 0 atom stereocenters. The molecule has 5 heteroatoms. The van der Waals surface area contributed by atoms with Gasteiger partial charge in [-0.25, -0.2) is 9.13 Å². The normalized spacial score (nSPS) is 10.8. The Morgan fingerprint density at radius 1 is 1.35 bits per heavy atom. The zero-order valence-electron chi connectivity index (χ0n) is 10.6. The average molecular weight is 304 g/mol. The summed E-state index contributed by atoms with van der Waals surface area (Å²) in [6.07, 6.45) is 3.61. The number of nitrogens with zero attached hydrogens (tertiary/aromatic N) is 2. The number of hydrogen-bond donors (Lipinski definition) is 0. The van der Waals surface area contributed by atoms with E-state index < -0.39 is 0 Å². The molecule has 0 saturated carbocycles. The van der Waals surface area contributed by atoms with Gasteiger partial charge in [0.05, 0.1) is 15.4 Å². The first-order chi connectivity index (χ1) is 9.69. The van der Waals surface area contributed by atoms with Crippen molar-refractivity contribution in [1.29, 1.82) is 0 Å². The van der Waals surface area contributed by atoms with Crippen molar-refractivity contribution in [1.82, 2.24) is 4.57 Å². The van der Waals surface area contributed by atoms with Crippen molar-refractivity contribution >= 4 is 46.0 Å². The van der Waals surface area contributed by atoms with Gasteiger partial charge in [-0.05, 0) is 24.3 Å². The van der Waals surface area contributed by atoms with E-state index in [0.29, 0.717) is 9.21 Å². The molecule has 0 bridgehead atoms. The number of fused-ring (bicyclic) bond motifs is 1. The van der Waals surface area contributed by atoms with Gasteiger partial charge in [-0.3, -0.25) is 4.79 Å². The fourth-order valence-electron chi connectivity index (χ4n) is 2.17. The Bertz CT molecular complexity index is 803. The van der Waals surface area contributed by atoms with E-state index in [4.69, 9.17) is 11.6 Å². The molecule has 2 heterocycles. The number of hydrogen-bond acceptors (Lipinski definition) is 2. The van der Waals surface area contributed by atoms with E-state index in [-0.39, 0.29) is 12.3 Å². The first kappa shape index (κ1) is 13.1. The summed E-state index contributed by atoms with van der Waals surface area (Å²) in [4.78, 5) is 12.9. The first-order valence-electron chi connectivity index (χ1n) is 6.09. The van der Waals surface area contributed by atoms with Crippen LogP contribution in [0.3, 0.4) is 0 Å². The number of carbonyl (C=O) groups excluding carboxylic acids is 1. The number of carbonyl (C=O) groups is 1. The van der Waals surface area contributed by atoms with E-state index >= 15 is 0 Å². The van der Waals surface area contributed by atoms with E-state index in [1.54, 1.807) is 18.3 Å². The van der Waals surface area contributed by atoms with Gasteiger partial charge in [-0.1, -0.05) is 30.3 Å². The van der Waals surface area contributed by atoms with Gasteiger partial charge in [0, 0.05) is 0 Å². The lowest BCUT2D eigenvalue weighted by atomic mass is 10.3. The van der Waals surface area contributed by atoms with Crippen LogP contribution in [0.25, 0.3) is 17.2 Å². The Balaban J connectivity index is 1.99. The molecule has 2 aromatic heterocycles. The number of Topliss-reactive ketones (excluding diaryl/α,β-unsaturated/α-hetero) is 1. The minimum atomic E-state index is 0.0545. The molecule has 3 aromatic rings. The van der Waals surface area contributed by atoms with Gasteiger partial charge in [0.15, 0.2) is 17.6 Å². The van der Waals surface area contributed by atoms with Crippen molar-refractivity contribution in [3.8, 4) is 0 Å². The Labute approximate surface area is 125 Å². The van der Waals surface area contributed by atoms with Crippen LogP contribution in [-0.2, 0) is 6.54 Å². The Kier molecular flexibility index (Phi) is 3.42. The van der Waals surface area contributed by atoms with Crippen LogP contribution in [0.4, 0.5) is 0 Å². The van der Waals surface area contributed by atoms with Gasteiger partial charge in [-0.2, -0.15) is 0 Å². The molecule has 0 fully saturated rings. The molecule has 20 heavy (non-hydrogen) atoms. The molecular formula is C15H12ClN2OS+. The number of rotatable bonds is 4. The Hall–Kier alpha value is -1.91. The highest BCUT2D eigenvalue weighted by Crippen LogP contribution is 2.22. The van der Waals surface area contributed by atoms with Crippen molar-refractivity contribution in [2.45, 2.75) is 6.54 Å². The number of halogens is 1. The predicted octanol–water partition coefficient (Wildman–Crippen LogP) is 3.63. The van der Waals surface area contributed by atoms with Gasteiger partial charge < -0.3 is 0 Å². The maximum absolute atomic E-state index is 12.3. The third kappa shape index (κ3) is 2.28. The van der Waals surface area contributed by atoms with Gasteiger partial charge in [0.2, 0.25) is 12.1 Å². The molecule has 0 aliphatic carbocycles. The SMILES string of the molecule is C=Cn1c[n+](CC(=O)c2ccc(Cl)s2)c2ccccc21. The molecule has 100 valence electrons. The highest BCUT2D eigenvalue weighted by Gasteiger charge is 2.18. The molecule has 0 N–H and O–H groups in total. The molecule has 0 saturated heterocycles. The van der Waals surface area contributed by atoms with Gasteiger partial charge in [0.25, 0.3) is 0 Å². The molecule has 1 aromatic carbocycles. The summed E-state index contributed by atoms with van der Waals surface area (Å²) in [5, 5.41) is 0. The van der Waals surface area contributed by atoms with Crippen molar-refractivity contribution in [3.63, 3.8) is 0 Å². The lowest BCUT2D eigenvalue weighted by Gasteiger charge is -1.95. The fraction of sp³-hybridized carbons (Fsp3) is 0.0667. The van der Waals surface area contributed by atoms with Crippen LogP contribution in [0.1, 0.15) is 9.67 Å². The molecular weight excluding hydrogens is 292 g/mol. The maximum atomic E-state index is 12.3. The van der Waals surface area contributed by atoms with Crippen LogP contribution in [0, 0.1) is 0 Å². The summed E-state index contributed by atoms with van der Waals surface area (Å²) < 4.78 is 4.46. The molecule has 0 unspecified atom stereocenters. The van der Waals surface area contributed by atoms with Crippen LogP contribution >= 0.6 is 22.9 Å². The second-order valence-electron chi connectivity index (χ2n) is 4.35. The van der Waals surface area contributed by atoms with Crippen LogP contribution in [0.5, 0.6) is 0 Å².